The van der Waals surface area contributed by atoms with Gasteiger partial charge in [0.25, 0.3) is 11.8 Å². The Balaban J connectivity index is 1.56. The standard InChI is InChI=1S/C23H28N2O4/c1-3-28-20-11-6-7-12-21(20)29-17-22(26)24-13-8-14-25(16-15-24)23(27)19-10-5-4-9-18(19)2/h4-7,9-12H,3,8,13-17H2,1-2H3. The molecule has 1 saturated heterocycles. The number of rotatable bonds is 6. The Kier molecular flexibility index (Phi) is 7.11. The highest BCUT2D eigenvalue weighted by Gasteiger charge is 2.24. The van der Waals surface area contributed by atoms with Crippen LogP contribution in [-0.4, -0.2) is 61.0 Å². The zero-order valence-electron chi connectivity index (χ0n) is 17.1. The number of benzene rings is 2. The van der Waals surface area contributed by atoms with E-state index >= 15 is 0 Å². The second kappa shape index (κ2) is 9.96. The Morgan fingerprint density at radius 2 is 1.48 bits per heavy atom. The van der Waals surface area contributed by atoms with Gasteiger partial charge in [-0.2, -0.15) is 0 Å². The van der Waals surface area contributed by atoms with Crippen molar-refractivity contribution in [2.75, 3.05) is 39.4 Å². The third-order valence-corrected chi connectivity index (χ3v) is 5.01. The zero-order chi connectivity index (χ0) is 20.6. The zero-order valence-corrected chi connectivity index (χ0v) is 17.1. The normalized spacial score (nSPS) is 14.3. The number of carbonyl (C=O) groups excluding carboxylic acids is 2. The quantitative estimate of drug-likeness (QED) is 0.753. The molecule has 0 saturated carbocycles. The lowest BCUT2D eigenvalue weighted by atomic mass is 10.1. The summed E-state index contributed by atoms with van der Waals surface area (Å²) in [5.74, 6) is 1.14. The molecular formula is C23H28N2O4. The second-order valence-corrected chi connectivity index (χ2v) is 7.01. The molecule has 1 heterocycles. The molecule has 1 aliphatic rings. The van der Waals surface area contributed by atoms with E-state index in [-0.39, 0.29) is 18.4 Å². The van der Waals surface area contributed by atoms with Gasteiger partial charge in [-0.3, -0.25) is 9.59 Å². The van der Waals surface area contributed by atoms with Crippen LogP contribution in [0, 0.1) is 6.92 Å². The van der Waals surface area contributed by atoms with E-state index in [0.29, 0.717) is 44.3 Å². The highest BCUT2D eigenvalue weighted by Crippen LogP contribution is 2.26. The minimum absolute atomic E-state index is 0.0271. The summed E-state index contributed by atoms with van der Waals surface area (Å²) in [6.07, 6.45) is 0.749. The first-order valence-electron chi connectivity index (χ1n) is 10.1. The Hall–Kier alpha value is -3.02. The number of carbonyl (C=O) groups is 2. The second-order valence-electron chi connectivity index (χ2n) is 7.01. The predicted octanol–water partition coefficient (Wildman–Crippen LogP) is 3.15. The van der Waals surface area contributed by atoms with Crippen LogP contribution in [0.4, 0.5) is 0 Å². The van der Waals surface area contributed by atoms with E-state index in [9.17, 15) is 9.59 Å². The third kappa shape index (κ3) is 5.28. The lowest BCUT2D eigenvalue weighted by Crippen LogP contribution is -2.39. The maximum atomic E-state index is 12.8. The summed E-state index contributed by atoms with van der Waals surface area (Å²) >= 11 is 0. The van der Waals surface area contributed by atoms with E-state index < -0.39 is 0 Å². The highest BCUT2D eigenvalue weighted by atomic mass is 16.5. The number of aryl methyl sites for hydroxylation is 1. The van der Waals surface area contributed by atoms with Crippen molar-refractivity contribution >= 4 is 11.8 Å². The summed E-state index contributed by atoms with van der Waals surface area (Å²) in [6.45, 7) is 6.63. The molecule has 0 radical (unpaired) electrons. The molecule has 1 aliphatic heterocycles. The molecule has 3 rings (SSSR count). The third-order valence-electron chi connectivity index (χ3n) is 5.01. The van der Waals surface area contributed by atoms with Gasteiger partial charge in [-0.05, 0) is 44.0 Å². The lowest BCUT2D eigenvalue weighted by Gasteiger charge is -2.23. The summed E-state index contributed by atoms with van der Waals surface area (Å²) in [5, 5.41) is 0. The topological polar surface area (TPSA) is 59.1 Å². The molecule has 0 spiro atoms. The van der Waals surface area contributed by atoms with Crippen LogP contribution in [0.15, 0.2) is 48.5 Å². The summed E-state index contributed by atoms with van der Waals surface area (Å²) in [5.41, 5.74) is 1.69. The van der Waals surface area contributed by atoms with Gasteiger partial charge < -0.3 is 19.3 Å². The molecule has 0 aliphatic carbocycles. The first-order chi connectivity index (χ1) is 14.1. The van der Waals surface area contributed by atoms with Crippen molar-refractivity contribution in [3.05, 3.63) is 59.7 Å². The first kappa shape index (κ1) is 20.7. The molecule has 29 heavy (non-hydrogen) atoms. The van der Waals surface area contributed by atoms with Crippen molar-refractivity contribution in [2.45, 2.75) is 20.3 Å². The molecule has 0 aromatic heterocycles. The average molecular weight is 396 g/mol. The van der Waals surface area contributed by atoms with Crippen LogP contribution in [0.1, 0.15) is 29.3 Å². The Morgan fingerprint density at radius 1 is 0.862 bits per heavy atom. The number of para-hydroxylation sites is 2. The van der Waals surface area contributed by atoms with Crippen LogP contribution in [0.5, 0.6) is 11.5 Å². The molecule has 2 amide bonds. The van der Waals surface area contributed by atoms with E-state index in [1.165, 1.54) is 0 Å². The van der Waals surface area contributed by atoms with Crippen LogP contribution >= 0.6 is 0 Å². The fraction of sp³-hybridized carbons (Fsp3) is 0.391. The molecule has 2 aromatic rings. The van der Waals surface area contributed by atoms with Crippen molar-refractivity contribution < 1.29 is 19.1 Å². The fourth-order valence-corrected chi connectivity index (χ4v) is 3.43. The van der Waals surface area contributed by atoms with Crippen molar-refractivity contribution in [3.8, 4) is 11.5 Å². The predicted molar refractivity (Wildman–Crippen MR) is 111 cm³/mol. The molecule has 1 fully saturated rings. The van der Waals surface area contributed by atoms with E-state index in [2.05, 4.69) is 0 Å². The van der Waals surface area contributed by atoms with Gasteiger partial charge >= 0.3 is 0 Å². The SMILES string of the molecule is CCOc1ccccc1OCC(=O)N1CCCN(C(=O)c2ccccc2C)CC1. The van der Waals surface area contributed by atoms with E-state index in [0.717, 1.165) is 17.5 Å². The van der Waals surface area contributed by atoms with Crippen LogP contribution in [0.2, 0.25) is 0 Å². The van der Waals surface area contributed by atoms with Gasteiger partial charge in [0.1, 0.15) is 0 Å². The van der Waals surface area contributed by atoms with Gasteiger partial charge in [0, 0.05) is 31.7 Å². The Bertz CT molecular complexity index is 852. The number of hydrogen-bond donors (Lipinski definition) is 0. The molecule has 6 heteroatoms. The van der Waals surface area contributed by atoms with Gasteiger partial charge in [0.15, 0.2) is 18.1 Å². The molecule has 6 nitrogen and oxygen atoms in total. The Labute approximate surface area is 172 Å². The lowest BCUT2D eigenvalue weighted by molar-refractivity contribution is -0.133. The minimum atomic E-state index is -0.0820. The summed E-state index contributed by atoms with van der Waals surface area (Å²) in [7, 11) is 0. The van der Waals surface area contributed by atoms with Gasteiger partial charge in [0.05, 0.1) is 6.61 Å². The maximum absolute atomic E-state index is 12.8. The van der Waals surface area contributed by atoms with Crippen molar-refractivity contribution in [3.63, 3.8) is 0 Å². The monoisotopic (exact) mass is 396 g/mol. The van der Waals surface area contributed by atoms with Gasteiger partial charge in [-0.25, -0.2) is 0 Å². The van der Waals surface area contributed by atoms with Crippen LogP contribution in [-0.2, 0) is 4.79 Å². The van der Waals surface area contributed by atoms with Crippen LogP contribution < -0.4 is 9.47 Å². The average Bonchev–Trinajstić information content (AvgIpc) is 2.99. The molecular weight excluding hydrogens is 368 g/mol. The van der Waals surface area contributed by atoms with E-state index in [1.807, 2.05) is 61.2 Å². The van der Waals surface area contributed by atoms with Crippen molar-refractivity contribution in [1.29, 1.82) is 0 Å². The van der Waals surface area contributed by atoms with Gasteiger partial charge in [0.2, 0.25) is 0 Å². The molecule has 2 aromatic carbocycles. The minimum Gasteiger partial charge on any atom is -0.490 e. The summed E-state index contributed by atoms with van der Waals surface area (Å²) in [6, 6.07) is 14.9. The number of amides is 2. The molecule has 0 bridgehead atoms. The fourth-order valence-electron chi connectivity index (χ4n) is 3.43. The maximum Gasteiger partial charge on any atom is 0.260 e. The first-order valence-corrected chi connectivity index (χ1v) is 10.1. The summed E-state index contributed by atoms with van der Waals surface area (Å²) < 4.78 is 11.2. The van der Waals surface area contributed by atoms with Gasteiger partial charge in [-0.15, -0.1) is 0 Å². The van der Waals surface area contributed by atoms with Crippen molar-refractivity contribution in [2.24, 2.45) is 0 Å². The number of nitrogens with zero attached hydrogens (tertiary/aromatic N) is 2. The smallest absolute Gasteiger partial charge is 0.260 e. The summed E-state index contributed by atoms with van der Waals surface area (Å²) in [4.78, 5) is 29.1. The molecule has 154 valence electrons. The Morgan fingerprint density at radius 3 is 2.21 bits per heavy atom. The molecule has 0 N–H and O–H groups in total. The van der Waals surface area contributed by atoms with Crippen LogP contribution in [0.25, 0.3) is 0 Å². The largest absolute Gasteiger partial charge is 0.490 e. The highest BCUT2D eigenvalue weighted by molar-refractivity contribution is 5.95. The van der Waals surface area contributed by atoms with E-state index in [4.69, 9.17) is 9.47 Å². The van der Waals surface area contributed by atoms with E-state index in [1.54, 1.807) is 11.0 Å². The van der Waals surface area contributed by atoms with Crippen LogP contribution in [0.3, 0.4) is 0 Å². The van der Waals surface area contributed by atoms with Crippen molar-refractivity contribution in [1.82, 2.24) is 9.80 Å². The molecule has 0 atom stereocenters. The number of ether oxygens (including phenoxy) is 2. The number of hydrogen-bond acceptors (Lipinski definition) is 4. The molecule has 0 unspecified atom stereocenters. The van der Waals surface area contributed by atoms with Gasteiger partial charge in [-0.1, -0.05) is 30.3 Å².